The fourth-order valence-corrected chi connectivity index (χ4v) is 2.03. The Morgan fingerprint density at radius 2 is 2.27 bits per heavy atom. The average Bonchev–Trinajstić information content (AvgIpc) is 2.15. The van der Waals surface area contributed by atoms with Gasteiger partial charge in [-0.25, -0.2) is 0 Å². The van der Waals surface area contributed by atoms with Gasteiger partial charge in [0, 0.05) is 19.1 Å². The van der Waals surface area contributed by atoms with Crippen LogP contribution >= 0.6 is 12.2 Å². The highest BCUT2D eigenvalue weighted by atomic mass is 32.1. The molecule has 0 aromatic heterocycles. The largest absolute Gasteiger partial charge is 0.394 e. The van der Waals surface area contributed by atoms with Gasteiger partial charge in [-0.05, 0) is 33.0 Å². The minimum absolute atomic E-state index is 0.0468. The molecule has 88 valence electrons. The van der Waals surface area contributed by atoms with Crippen LogP contribution in [-0.2, 0) is 4.74 Å². The van der Waals surface area contributed by atoms with Crippen molar-refractivity contribution < 1.29 is 9.84 Å². The normalized spacial score (nSPS) is 26.9. The maximum Gasteiger partial charge on any atom is 0.169 e. The number of aliphatic hydroxyl groups is 1. The van der Waals surface area contributed by atoms with Crippen molar-refractivity contribution in [1.29, 1.82) is 0 Å². The Balaban J connectivity index is 2.50. The van der Waals surface area contributed by atoms with Crippen LogP contribution in [0.2, 0.25) is 0 Å². The molecule has 1 fully saturated rings. The number of hydrogen-bond donors (Lipinski definition) is 2. The zero-order chi connectivity index (χ0) is 11.4. The number of nitrogens with one attached hydrogen (secondary N) is 1. The van der Waals surface area contributed by atoms with Crippen molar-refractivity contribution in [2.45, 2.75) is 39.0 Å². The highest BCUT2D eigenvalue weighted by Crippen LogP contribution is 2.11. The molecule has 0 amide bonds. The Kier molecular flexibility index (Phi) is 4.76. The average molecular weight is 232 g/mol. The Hall–Kier alpha value is -0.390. The first-order valence-electron chi connectivity index (χ1n) is 5.34. The molecule has 1 saturated heterocycles. The molecule has 1 heterocycles. The van der Waals surface area contributed by atoms with Crippen LogP contribution in [0.1, 0.15) is 20.8 Å². The van der Waals surface area contributed by atoms with Crippen LogP contribution in [0.25, 0.3) is 0 Å². The summed E-state index contributed by atoms with van der Waals surface area (Å²) in [5.74, 6) is 0. The zero-order valence-electron chi connectivity index (χ0n) is 9.56. The van der Waals surface area contributed by atoms with Crippen LogP contribution in [0.5, 0.6) is 0 Å². The van der Waals surface area contributed by atoms with Crippen molar-refractivity contribution in [1.82, 2.24) is 10.2 Å². The third kappa shape index (κ3) is 3.93. The summed E-state index contributed by atoms with van der Waals surface area (Å²) < 4.78 is 5.54. The molecule has 0 bridgehead atoms. The topological polar surface area (TPSA) is 44.7 Å². The number of ether oxygens (including phenoxy) is 1. The molecule has 2 unspecified atom stereocenters. The Bertz CT molecular complexity index is 223. The van der Waals surface area contributed by atoms with Crippen LogP contribution in [0.3, 0.4) is 0 Å². The lowest BCUT2D eigenvalue weighted by atomic mass is 10.2. The van der Waals surface area contributed by atoms with Crippen LogP contribution in [0.15, 0.2) is 0 Å². The molecule has 2 N–H and O–H groups in total. The molecule has 5 heteroatoms. The van der Waals surface area contributed by atoms with Crippen LogP contribution in [0, 0.1) is 0 Å². The van der Waals surface area contributed by atoms with Gasteiger partial charge in [0.1, 0.15) is 0 Å². The van der Waals surface area contributed by atoms with Gasteiger partial charge in [-0.3, -0.25) is 0 Å². The minimum atomic E-state index is -0.124. The molecule has 1 rings (SSSR count). The molecule has 15 heavy (non-hydrogen) atoms. The molecule has 1 aliphatic rings. The van der Waals surface area contributed by atoms with E-state index in [0.29, 0.717) is 12.6 Å². The van der Waals surface area contributed by atoms with Crippen LogP contribution in [-0.4, -0.2) is 53.1 Å². The van der Waals surface area contributed by atoms with E-state index in [1.54, 1.807) is 0 Å². The molecular weight excluding hydrogens is 212 g/mol. The highest BCUT2D eigenvalue weighted by Gasteiger charge is 2.26. The summed E-state index contributed by atoms with van der Waals surface area (Å²) in [5.41, 5.74) is 0. The number of hydrogen-bond acceptors (Lipinski definition) is 3. The zero-order valence-corrected chi connectivity index (χ0v) is 10.4. The van der Waals surface area contributed by atoms with Gasteiger partial charge in [0.05, 0.1) is 18.8 Å². The molecule has 0 aromatic rings. The molecule has 1 aliphatic heterocycles. The molecule has 0 aliphatic carbocycles. The highest BCUT2D eigenvalue weighted by molar-refractivity contribution is 7.80. The third-order valence-electron chi connectivity index (χ3n) is 2.23. The van der Waals surface area contributed by atoms with E-state index in [1.165, 1.54) is 0 Å². The van der Waals surface area contributed by atoms with Crippen LogP contribution in [0.4, 0.5) is 0 Å². The molecule has 0 aromatic carbocycles. The van der Waals surface area contributed by atoms with Crippen molar-refractivity contribution >= 4 is 17.3 Å². The van der Waals surface area contributed by atoms with E-state index in [9.17, 15) is 0 Å². The van der Waals surface area contributed by atoms with E-state index < -0.39 is 0 Å². The summed E-state index contributed by atoms with van der Waals surface area (Å²) in [7, 11) is 0. The summed E-state index contributed by atoms with van der Waals surface area (Å²) in [5, 5.41) is 13.0. The first kappa shape index (κ1) is 12.7. The first-order valence-corrected chi connectivity index (χ1v) is 5.75. The SMILES string of the molecule is CC(C)NC(=S)N1CC(C)OC(CO)C1. The van der Waals surface area contributed by atoms with E-state index in [-0.39, 0.29) is 18.8 Å². The molecular formula is C10H20N2O2S. The van der Waals surface area contributed by atoms with Gasteiger partial charge in [0.25, 0.3) is 0 Å². The van der Waals surface area contributed by atoms with Crippen molar-refractivity contribution in [3.8, 4) is 0 Å². The molecule has 0 spiro atoms. The molecule has 2 atom stereocenters. The van der Waals surface area contributed by atoms with Gasteiger partial charge >= 0.3 is 0 Å². The Morgan fingerprint density at radius 3 is 2.80 bits per heavy atom. The van der Waals surface area contributed by atoms with E-state index in [4.69, 9.17) is 22.1 Å². The van der Waals surface area contributed by atoms with Crippen molar-refractivity contribution in [3.05, 3.63) is 0 Å². The summed E-state index contributed by atoms with van der Waals surface area (Å²) >= 11 is 5.28. The third-order valence-corrected chi connectivity index (χ3v) is 2.61. The van der Waals surface area contributed by atoms with Gasteiger partial charge in [0.2, 0.25) is 0 Å². The first-order chi connectivity index (χ1) is 7.02. The van der Waals surface area contributed by atoms with Gasteiger partial charge in [-0.15, -0.1) is 0 Å². The second-order valence-electron chi connectivity index (χ2n) is 4.26. The van der Waals surface area contributed by atoms with E-state index >= 15 is 0 Å². The Morgan fingerprint density at radius 1 is 1.60 bits per heavy atom. The fraction of sp³-hybridized carbons (Fsp3) is 0.900. The number of rotatable bonds is 2. The second kappa shape index (κ2) is 5.63. The van der Waals surface area contributed by atoms with E-state index in [1.807, 2.05) is 6.92 Å². The predicted molar refractivity (Wildman–Crippen MR) is 63.9 cm³/mol. The van der Waals surface area contributed by atoms with Gasteiger partial charge in [-0.2, -0.15) is 0 Å². The van der Waals surface area contributed by atoms with Crippen LogP contribution < -0.4 is 5.32 Å². The minimum Gasteiger partial charge on any atom is -0.394 e. The lowest BCUT2D eigenvalue weighted by Crippen LogP contribution is -2.54. The molecule has 0 saturated carbocycles. The van der Waals surface area contributed by atoms with Gasteiger partial charge < -0.3 is 20.1 Å². The fourth-order valence-electron chi connectivity index (χ4n) is 1.65. The predicted octanol–water partition coefficient (Wildman–Crippen LogP) is 0.351. The summed E-state index contributed by atoms with van der Waals surface area (Å²) in [6, 6.07) is 0.336. The maximum atomic E-state index is 9.07. The van der Waals surface area contributed by atoms with Gasteiger partial charge in [0.15, 0.2) is 5.11 Å². The number of nitrogens with zero attached hydrogens (tertiary/aromatic N) is 1. The molecule has 0 radical (unpaired) electrons. The number of aliphatic hydroxyl groups excluding tert-OH is 1. The lowest BCUT2D eigenvalue weighted by Gasteiger charge is -2.38. The van der Waals surface area contributed by atoms with Crippen molar-refractivity contribution in [2.75, 3.05) is 19.7 Å². The summed E-state index contributed by atoms with van der Waals surface area (Å²) in [6.45, 7) is 7.60. The quantitative estimate of drug-likeness (QED) is 0.673. The van der Waals surface area contributed by atoms with Crippen molar-refractivity contribution in [3.63, 3.8) is 0 Å². The maximum absolute atomic E-state index is 9.07. The Labute approximate surface area is 96.6 Å². The second-order valence-corrected chi connectivity index (χ2v) is 4.65. The van der Waals surface area contributed by atoms with Crippen molar-refractivity contribution in [2.24, 2.45) is 0 Å². The summed E-state index contributed by atoms with van der Waals surface area (Å²) in [4.78, 5) is 2.06. The smallest absolute Gasteiger partial charge is 0.169 e. The molecule has 4 nitrogen and oxygen atoms in total. The van der Waals surface area contributed by atoms with E-state index in [2.05, 4.69) is 24.1 Å². The van der Waals surface area contributed by atoms with E-state index in [0.717, 1.165) is 11.7 Å². The number of morpholine rings is 1. The summed E-state index contributed by atoms with van der Waals surface area (Å²) in [6.07, 6.45) is -0.0107. The standard InChI is InChI=1S/C10H20N2O2S/c1-7(2)11-10(15)12-4-8(3)14-9(5-12)6-13/h7-9,13H,4-6H2,1-3H3,(H,11,15). The monoisotopic (exact) mass is 232 g/mol. The lowest BCUT2D eigenvalue weighted by molar-refractivity contribution is -0.0786. The number of thiocarbonyl (C=S) groups is 1. The van der Waals surface area contributed by atoms with Gasteiger partial charge in [-0.1, -0.05) is 0 Å².